The van der Waals surface area contributed by atoms with Crippen molar-refractivity contribution in [2.45, 2.75) is 6.61 Å². The van der Waals surface area contributed by atoms with E-state index >= 15 is 0 Å². The van der Waals surface area contributed by atoms with Gasteiger partial charge in [0.1, 0.15) is 17.5 Å². The molecule has 0 fully saturated rings. The molecule has 0 aliphatic carbocycles. The van der Waals surface area contributed by atoms with Crippen molar-refractivity contribution in [2.24, 2.45) is 4.99 Å². The van der Waals surface area contributed by atoms with Gasteiger partial charge in [-0.05, 0) is 22.6 Å². The highest BCUT2D eigenvalue weighted by molar-refractivity contribution is 14.1. The largest absolute Gasteiger partial charge is 0.435 e. The van der Waals surface area contributed by atoms with Crippen LogP contribution in [0.1, 0.15) is 5.69 Å². The van der Waals surface area contributed by atoms with Gasteiger partial charge in [-0.3, -0.25) is 0 Å². The molecule has 2 rings (SSSR count). The van der Waals surface area contributed by atoms with Gasteiger partial charge >= 0.3 is 6.61 Å². The van der Waals surface area contributed by atoms with Crippen LogP contribution in [-0.2, 0) is 0 Å². The van der Waals surface area contributed by atoms with Crippen LogP contribution in [0.5, 0.6) is 5.75 Å². The van der Waals surface area contributed by atoms with E-state index in [9.17, 15) is 14.0 Å². The number of aliphatic imine (C=N–C) groups is 1. The summed E-state index contributed by atoms with van der Waals surface area (Å²) in [6, 6.07) is 4.33. The number of alkyl halides is 2. The Morgan fingerprint density at radius 2 is 2.00 bits per heavy atom. The summed E-state index contributed by atoms with van der Waals surface area (Å²) in [5.74, 6) is 0.145. The molecule has 0 atom stereocenters. The van der Waals surface area contributed by atoms with E-state index in [-0.39, 0.29) is 27.2 Å². The molecule has 6 nitrogen and oxygen atoms in total. The van der Waals surface area contributed by atoms with E-state index in [4.69, 9.17) is 23.2 Å². The maximum atomic E-state index is 12.4. The Balaban J connectivity index is 2.64. The molecule has 11 heteroatoms. The van der Waals surface area contributed by atoms with Gasteiger partial charge in [-0.2, -0.15) is 19.1 Å². The van der Waals surface area contributed by atoms with E-state index in [1.165, 1.54) is 23.2 Å². The number of hydrogen-bond donors (Lipinski definition) is 0. The standard InChI is InChI=1S/C14H10Cl2F2IN5O/c1-23(2)6-21-13-11(19)10(5-20)22-24(13)12-8(15)3-7(4-9(12)16)25-14(17)18/h3-4,6,14H,1-2H3. The van der Waals surface area contributed by atoms with Crippen LogP contribution < -0.4 is 4.74 Å². The average Bonchev–Trinajstić information content (AvgIpc) is 2.79. The zero-order valence-electron chi connectivity index (χ0n) is 12.8. The fraction of sp³-hybridized carbons (Fsp3) is 0.214. The van der Waals surface area contributed by atoms with Gasteiger partial charge in [-0.1, -0.05) is 23.2 Å². The van der Waals surface area contributed by atoms with E-state index in [1.54, 1.807) is 19.0 Å². The van der Waals surface area contributed by atoms with E-state index in [0.29, 0.717) is 9.39 Å². The Kier molecular flexibility index (Phi) is 6.42. The Bertz CT molecular complexity index is 841. The molecule has 1 aromatic heterocycles. The second-order valence-corrected chi connectivity index (χ2v) is 6.73. The summed E-state index contributed by atoms with van der Waals surface area (Å²) >= 11 is 14.3. The lowest BCUT2D eigenvalue weighted by Crippen LogP contribution is -2.08. The lowest BCUT2D eigenvalue weighted by atomic mass is 10.3. The molecule has 0 spiro atoms. The van der Waals surface area contributed by atoms with Gasteiger partial charge in [-0.15, -0.1) is 0 Å². The molecule has 0 aliphatic rings. The molecule has 0 N–H and O–H groups in total. The van der Waals surface area contributed by atoms with Crippen LogP contribution in [0.3, 0.4) is 0 Å². The molecule has 2 aromatic rings. The van der Waals surface area contributed by atoms with Crippen molar-refractivity contribution >= 4 is 57.9 Å². The van der Waals surface area contributed by atoms with E-state index in [2.05, 4.69) is 14.8 Å². The number of ether oxygens (including phenoxy) is 1. The first kappa shape index (κ1) is 19.7. The molecule has 0 saturated carbocycles. The van der Waals surface area contributed by atoms with Gasteiger partial charge in [0.05, 0.1) is 20.0 Å². The van der Waals surface area contributed by atoms with Gasteiger partial charge in [0, 0.05) is 26.2 Å². The van der Waals surface area contributed by atoms with Crippen LogP contribution in [0.25, 0.3) is 5.69 Å². The van der Waals surface area contributed by atoms with Gasteiger partial charge < -0.3 is 9.64 Å². The summed E-state index contributed by atoms with van der Waals surface area (Å²) in [6.07, 6.45) is 1.52. The molecule has 0 aliphatic heterocycles. The Morgan fingerprint density at radius 1 is 1.40 bits per heavy atom. The predicted octanol–water partition coefficient (Wildman–Crippen LogP) is 4.48. The zero-order valence-corrected chi connectivity index (χ0v) is 16.5. The van der Waals surface area contributed by atoms with Crippen LogP contribution in [0.4, 0.5) is 14.6 Å². The lowest BCUT2D eigenvalue weighted by Gasteiger charge is -2.12. The quantitative estimate of drug-likeness (QED) is 0.345. The maximum absolute atomic E-state index is 12.4. The van der Waals surface area contributed by atoms with Crippen LogP contribution in [-0.4, -0.2) is 41.7 Å². The lowest BCUT2D eigenvalue weighted by molar-refractivity contribution is -0.0498. The number of nitrogens with zero attached hydrogens (tertiary/aromatic N) is 5. The van der Waals surface area contributed by atoms with Crippen molar-refractivity contribution in [1.29, 1.82) is 5.26 Å². The number of benzene rings is 1. The SMILES string of the molecule is CN(C)C=Nc1c(I)c(C#N)nn1-c1c(Cl)cc(OC(F)F)cc1Cl. The third-order valence-corrected chi connectivity index (χ3v) is 4.32. The third-order valence-electron chi connectivity index (χ3n) is 2.75. The first-order valence-electron chi connectivity index (χ1n) is 6.58. The van der Waals surface area contributed by atoms with Crippen LogP contribution in [0.15, 0.2) is 17.1 Å². The summed E-state index contributed by atoms with van der Waals surface area (Å²) in [6.45, 7) is -3.01. The minimum Gasteiger partial charge on any atom is -0.435 e. The molecule has 25 heavy (non-hydrogen) atoms. The number of halogens is 5. The monoisotopic (exact) mass is 499 g/mol. The Hall–Kier alpha value is -1.64. The highest BCUT2D eigenvalue weighted by atomic mass is 127. The Morgan fingerprint density at radius 3 is 2.48 bits per heavy atom. The normalized spacial score (nSPS) is 11.2. The Labute approximate surface area is 165 Å². The highest BCUT2D eigenvalue weighted by Gasteiger charge is 2.21. The van der Waals surface area contributed by atoms with E-state index < -0.39 is 6.61 Å². The first-order chi connectivity index (χ1) is 11.7. The second-order valence-electron chi connectivity index (χ2n) is 4.83. The fourth-order valence-electron chi connectivity index (χ4n) is 1.81. The smallest absolute Gasteiger partial charge is 0.387 e. The minimum absolute atomic E-state index is 0.0212. The van der Waals surface area contributed by atoms with Crippen molar-refractivity contribution in [3.8, 4) is 17.5 Å². The highest BCUT2D eigenvalue weighted by Crippen LogP contribution is 2.37. The minimum atomic E-state index is -3.01. The van der Waals surface area contributed by atoms with Gasteiger partial charge in [-0.25, -0.2) is 9.67 Å². The van der Waals surface area contributed by atoms with E-state index in [0.717, 1.165) is 0 Å². The molecule has 0 unspecified atom stereocenters. The van der Waals surface area contributed by atoms with Crippen molar-refractivity contribution in [2.75, 3.05) is 14.1 Å². The first-order valence-corrected chi connectivity index (χ1v) is 8.41. The van der Waals surface area contributed by atoms with Gasteiger partial charge in [0.15, 0.2) is 11.5 Å². The summed E-state index contributed by atoms with van der Waals surface area (Å²) in [4.78, 5) is 5.97. The maximum Gasteiger partial charge on any atom is 0.387 e. The number of hydrogen-bond acceptors (Lipinski definition) is 4. The zero-order chi connectivity index (χ0) is 18.7. The second kappa shape index (κ2) is 8.16. The van der Waals surface area contributed by atoms with E-state index in [1.807, 2.05) is 28.7 Å². The van der Waals surface area contributed by atoms with Crippen molar-refractivity contribution in [3.63, 3.8) is 0 Å². The molecular formula is C14H10Cl2F2IN5O. The topological polar surface area (TPSA) is 66.4 Å². The third kappa shape index (κ3) is 4.50. The van der Waals surface area contributed by atoms with Gasteiger partial charge in [0.25, 0.3) is 0 Å². The predicted molar refractivity (Wildman–Crippen MR) is 99.5 cm³/mol. The molecule has 0 saturated heterocycles. The van der Waals surface area contributed by atoms with Crippen LogP contribution >= 0.6 is 45.8 Å². The van der Waals surface area contributed by atoms with Gasteiger partial charge in [0.2, 0.25) is 0 Å². The molecule has 1 aromatic carbocycles. The van der Waals surface area contributed by atoms with Crippen LogP contribution in [0, 0.1) is 14.9 Å². The number of rotatable bonds is 5. The summed E-state index contributed by atoms with van der Waals surface area (Å²) < 4.78 is 30.8. The molecule has 0 radical (unpaired) electrons. The summed E-state index contributed by atoms with van der Waals surface area (Å²) in [5, 5.41) is 13.4. The van der Waals surface area contributed by atoms with Crippen LogP contribution in [0.2, 0.25) is 10.0 Å². The fourth-order valence-corrected chi connectivity index (χ4v) is 3.04. The summed E-state index contributed by atoms with van der Waals surface area (Å²) in [7, 11) is 3.55. The van der Waals surface area contributed by atoms with Crippen molar-refractivity contribution < 1.29 is 13.5 Å². The molecule has 1 heterocycles. The average molecular weight is 500 g/mol. The molecule has 0 amide bonds. The summed E-state index contributed by atoms with van der Waals surface area (Å²) in [5.41, 5.74) is 0.335. The molecular weight excluding hydrogens is 490 g/mol. The molecule has 0 bridgehead atoms. The molecule has 132 valence electrons. The van der Waals surface area contributed by atoms with Crippen molar-refractivity contribution in [3.05, 3.63) is 31.4 Å². The number of nitriles is 1. The number of aromatic nitrogens is 2. The van der Waals surface area contributed by atoms with Crippen molar-refractivity contribution in [1.82, 2.24) is 14.7 Å².